The fraction of sp³-hybridized carbons (Fsp3) is 0.684. The summed E-state index contributed by atoms with van der Waals surface area (Å²) in [6.07, 6.45) is 0.625. The van der Waals surface area contributed by atoms with E-state index in [1.807, 2.05) is 6.07 Å². The SMILES string of the molecule is COc1cc(N2CC[C@]3(CCC[C@H](CNC(=O)N(C)C)O3)C2)ncn1.O=C(O)C(F)(F)F. The van der Waals surface area contributed by atoms with Crippen LogP contribution in [0.1, 0.15) is 25.7 Å². The minimum Gasteiger partial charge on any atom is -0.481 e. The number of aliphatic carboxylic acids is 1. The van der Waals surface area contributed by atoms with Crippen molar-refractivity contribution in [3.63, 3.8) is 0 Å². The normalized spacial score (nSPS) is 22.7. The largest absolute Gasteiger partial charge is 0.490 e. The molecule has 0 aromatic carbocycles. The van der Waals surface area contributed by atoms with E-state index in [-0.39, 0.29) is 17.7 Å². The predicted octanol–water partition coefficient (Wildman–Crippen LogP) is 1.91. The fourth-order valence-electron chi connectivity index (χ4n) is 3.58. The minimum atomic E-state index is -5.08. The van der Waals surface area contributed by atoms with Crippen LogP contribution in [-0.4, -0.2) is 90.7 Å². The highest BCUT2D eigenvalue weighted by molar-refractivity contribution is 5.73. The van der Waals surface area contributed by atoms with Crippen LogP contribution in [-0.2, 0) is 9.53 Å². The number of aromatic nitrogens is 2. The summed E-state index contributed by atoms with van der Waals surface area (Å²) < 4.78 is 43.3. The number of nitrogens with zero attached hydrogens (tertiary/aromatic N) is 4. The molecular formula is C19H28F3N5O5. The van der Waals surface area contributed by atoms with Gasteiger partial charge in [0.15, 0.2) is 0 Å². The summed E-state index contributed by atoms with van der Waals surface area (Å²) in [6, 6.07) is 1.78. The summed E-state index contributed by atoms with van der Waals surface area (Å²) in [5.74, 6) is -1.32. The summed E-state index contributed by atoms with van der Waals surface area (Å²) in [6.45, 7) is 2.27. The average molecular weight is 463 g/mol. The lowest BCUT2D eigenvalue weighted by Crippen LogP contribution is -2.48. The van der Waals surface area contributed by atoms with Crippen molar-refractivity contribution in [2.24, 2.45) is 0 Å². The lowest BCUT2D eigenvalue weighted by molar-refractivity contribution is -0.192. The van der Waals surface area contributed by atoms with Gasteiger partial charge in [0.25, 0.3) is 0 Å². The second-order valence-electron chi connectivity index (χ2n) is 7.79. The van der Waals surface area contributed by atoms with E-state index in [4.69, 9.17) is 19.4 Å². The number of methoxy groups -OCH3 is 1. The van der Waals surface area contributed by atoms with Crippen molar-refractivity contribution < 1.29 is 37.3 Å². The van der Waals surface area contributed by atoms with Crippen LogP contribution in [0.2, 0.25) is 0 Å². The van der Waals surface area contributed by atoms with Gasteiger partial charge in [-0.15, -0.1) is 0 Å². The summed E-state index contributed by atoms with van der Waals surface area (Å²) in [4.78, 5) is 32.8. The molecule has 3 heterocycles. The first-order valence-electron chi connectivity index (χ1n) is 10.00. The van der Waals surface area contributed by atoms with Gasteiger partial charge >= 0.3 is 18.2 Å². The molecular weight excluding hydrogens is 435 g/mol. The summed E-state index contributed by atoms with van der Waals surface area (Å²) >= 11 is 0. The number of nitrogens with one attached hydrogen (secondary N) is 1. The monoisotopic (exact) mass is 463 g/mol. The Hall–Kier alpha value is -2.83. The topological polar surface area (TPSA) is 117 Å². The van der Waals surface area contributed by atoms with Crippen LogP contribution in [0.25, 0.3) is 0 Å². The summed E-state index contributed by atoms with van der Waals surface area (Å²) in [7, 11) is 5.08. The number of rotatable bonds is 4. The van der Waals surface area contributed by atoms with Gasteiger partial charge in [-0.1, -0.05) is 0 Å². The van der Waals surface area contributed by atoms with Crippen molar-refractivity contribution in [3.05, 3.63) is 12.4 Å². The zero-order valence-electron chi connectivity index (χ0n) is 18.2. The van der Waals surface area contributed by atoms with Gasteiger partial charge in [-0.05, 0) is 25.7 Å². The van der Waals surface area contributed by atoms with E-state index in [2.05, 4.69) is 20.2 Å². The highest BCUT2D eigenvalue weighted by Crippen LogP contribution is 2.38. The van der Waals surface area contributed by atoms with E-state index in [1.165, 1.54) is 6.33 Å². The van der Waals surface area contributed by atoms with Crippen LogP contribution in [0, 0.1) is 0 Å². The minimum absolute atomic E-state index is 0.0672. The maximum atomic E-state index is 11.7. The molecule has 0 unspecified atom stereocenters. The van der Waals surface area contributed by atoms with Crippen LogP contribution in [0.5, 0.6) is 5.88 Å². The van der Waals surface area contributed by atoms with Crippen molar-refractivity contribution in [1.29, 1.82) is 0 Å². The van der Waals surface area contributed by atoms with E-state index in [1.54, 1.807) is 26.1 Å². The molecule has 2 amide bonds. The number of carboxylic acids is 1. The van der Waals surface area contributed by atoms with Gasteiger partial charge in [0, 0.05) is 39.8 Å². The van der Waals surface area contributed by atoms with Gasteiger partial charge < -0.3 is 29.7 Å². The molecule has 0 bridgehead atoms. The zero-order valence-corrected chi connectivity index (χ0v) is 18.2. The van der Waals surface area contributed by atoms with Crippen molar-refractivity contribution in [1.82, 2.24) is 20.2 Å². The highest BCUT2D eigenvalue weighted by Gasteiger charge is 2.43. The second-order valence-corrected chi connectivity index (χ2v) is 7.79. The van der Waals surface area contributed by atoms with E-state index in [9.17, 15) is 18.0 Å². The molecule has 2 N–H and O–H groups in total. The predicted molar refractivity (Wildman–Crippen MR) is 108 cm³/mol. The number of urea groups is 1. The molecule has 0 saturated carbocycles. The molecule has 1 aromatic heterocycles. The molecule has 3 rings (SSSR count). The van der Waals surface area contributed by atoms with Gasteiger partial charge in [-0.2, -0.15) is 13.2 Å². The maximum Gasteiger partial charge on any atom is 0.490 e. The number of carbonyl (C=O) groups is 2. The first kappa shape index (κ1) is 25.4. The molecule has 2 aliphatic heterocycles. The van der Waals surface area contributed by atoms with Crippen LogP contribution in [0.4, 0.5) is 23.8 Å². The van der Waals surface area contributed by atoms with Gasteiger partial charge in [0.2, 0.25) is 5.88 Å². The van der Waals surface area contributed by atoms with E-state index in [0.29, 0.717) is 12.4 Å². The van der Waals surface area contributed by atoms with Crippen LogP contribution in [0.15, 0.2) is 12.4 Å². The van der Waals surface area contributed by atoms with Crippen molar-refractivity contribution in [2.75, 3.05) is 45.7 Å². The zero-order chi connectivity index (χ0) is 23.9. The Labute approximate surface area is 183 Å². The first-order valence-corrected chi connectivity index (χ1v) is 10.00. The molecule has 2 aliphatic rings. The third-order valence-corrected chi connectivity index (χ3v) is 5.18. The molecule has 1 spiro atoms. The van der Waals surface area contributed by atoms with Gasteiger partial charge in [0.05, 0.1) is 18.8 Å². The molecule has 10 nitrogen and oxygen atoms in total. The van der Waals surface area contributed by atoms with Gasteiger partial charge in [0.1, 0.15) is 12.1 Å². The molecule has 1 aromatic rings. The third kappa shape index (κ3) is 7.11. The van der Waals surface area contributed by atoms with Crippen molar-refractivity contribution in [2.45, 2.75) is 43.6 Å². The number of alkyl halides is 3. The Balaban J connectivity index is 0.000000451. The number of amides is 2. The first-order chi connectivity index (χ1) is 15.0. The average Bonchev–Trinajstić information content (AvgIpc) is 3.14. The molecule has 0 aliphatic carbocycles. The number of hydrogen-bond donors (Lipinski definition) is 2. The second kappa shape index (κ2) is 10.7. The van der Waals surface area contributed by atoms with Crippen LogP contribution >= 0.6 is 0 Å². The number of anilines is 1. The molecule has 0 radical (unpaired) electrons. The van der Waals surface area contributed by atoms with Gasteiger partial charge in [-0.25, -0.2) is 19.6 Å². The number of halogens is 3. The molecule has 180 valence electrons. The maximum absolute atomic E-state index is 11.7. The molecule has 32 heavy (non-hydrogen) atoms. The number of hydrogen-bond acceptors (Lipinski definition) is 7. The van der Waals surface area contributed by atoms with Crippen LogP contribution < -0.4 is 15.0 Å². The van der Waals surface area contributed by atoms with Crippen molar-refractivity contribution >= 4 is 17.8 Å². The molecule has 13 heteroatoms. The Morgan fingerprint density at radius 1 is 1.38 bits per heavy atom. The van der Waals surface area contributed by atoms with E-state index in [0.717, 1.165) is 44.6 Å². The van der Waals surface area contributed by atoms with E-state index < -0.39 is 12.1 Å². The number of carboxylic acid groups (broad SMARTS) is 1. The van der Waals surface area contributed by atoms with Crippen LogP contribution in [0.3, 0.4) is 0 Å². The lowest BCUT2D eigenvalue weighted by atomic mass is 9.90. The summed E-state index contributed by atoms with van der Waals surface area (Å²) in [5, 5.41) is 10.1. The molecule has 2 atom stereocenters. The molecule has 2 fully saturated rings. The smallest absolute Gasteiger partial charge is 0.481 e. The molecule has 2 saturated heterocycles. The number of ether oxygens (including phenoxy) is 2. The van der Waals surface area contributed by atoms with Gasteiger partial charge in [-0.3, -0.25) is 0 Å². The Morgan fingerprint density at radius 3 is 2.66 bits per heavy atom. The van der Waals surface area contributed by atoms with Crippen molar-refractivity contribution in [3.8, 4) is 5.88 Å². The Kier molecular flexibility index (Phi) is 8.47. The number of carbonyl (C=O) groups excluding carboxylic acids is 1. The Bertz CT molecular complexity index is 795. The third-order valence-electron chi connectivity index (χ3n) is 5.18. The van der Waals surface area contributed by atoms with E-state index >= 15 is 0 Å². The Morgan fingerprint density at radius 2 is 2.06 bits per heavy atom. The lowest BCUT2D eigenvalue weighted by Gasteiger charge is -2.38. The highest BCUT2D eigenvalue weighted by atomic mass is 19.4. The fourth-order valence-corrected chi connectivity index (χ4v) is 3.58. The summed E-state index contributed by atoms with van der Waals surface area (Å²) in [5.41, 5.74) is -0.149. The standard InChI is InChI=1S/C17H27N5O3.C2HF3O2/c1-21(2)16(23)18-10-13-5-4-6-17(25-13)7-8-22(11-17)14-9-15(24-3)20-12-19-14;3-2(4,5)1(6)7/h9,12-13H,4-8,10-11H2,1-3H3,(H,18,23);(H,6,7)/t13-,17-;/m1./s1. The quantitative estimate of drug-likeness (QED) is 0.696.